The molecule has 0 radical (unpaired) electrons. The number of hydrogen-bond donors (Lipinski definition) is 2. The number of benzene rings is 6. The smallest absolute Gasteiger partial charge is 0.858 e. The van der Waals surface area contributed by atoms with E-state index in [1.165, 1.54) is 19.8 Å². The second kappa shape index (κ2) is 30.8. The summed E-state index contributed by atoms with van der Waals surface area (Å²) in [5.41, 5.74) is 12.1. The largest absolute Gasteiger partial charge is 2.00 e. The fourth-order valence-corrected chi connectivity index (χ4v) is 7.42. The van der Waals surface area contributed by atoms with Crippen LogP contribution in [0.4, 0.5) is 0 Å². The van der Waals surface area contributed by atoms with Gasteiger partial charge in [0.05, 0.1) is 65.4 Å². The molecular weight excluding hydrogens is 999 g/mol. The summed E-state index contributed by atoms with van der Waals surface area (Å²) in [6.45, 7) is 6.85. The average molecular weight is 1060 g/mol. The van der Waals surface area contributed by atoms with Crippen molar-refractivity contribution in [3.8, 4) is 45.4 Å². The van der Waals surface area contributed by atoms with E-state index in [-0.39, 0.29) is 60.2 Å². The number of para-hydroxylation sites is 2. The van der Waals surface area contributed by atoms with Crippen LogP contribution in [-0.4, -0.2) is 139 Å². The molecule has 2 aromatic heterocycles. The summed E-state index contributed by atoms with van der Waals surface area (Å²) in [6, 6.07) is 56.2. The van der Waals surface area contributed by atoms with Gasteiger partial charge in [0.2, 0.25) is 5.71 Å². The van der Waals surface area contributed by atoms with Crippen molar-refractivity contribution in [3.05, 3.63) is 203 Å². The van der Waals surface area contributed by atoms with E-state index in [1.807, 2.05) is 137 Å². The summed E-state index contributed by atoms with van der Waals surface area (Å²) in [6.07, 6.45) is 0. The molecule has 71 heavy (non-hydrogen) atoms. The molecule has 0 spiro atoms. The van der Waals surface area contributed by atoms with Crippen molar-refractivity contribution in [2.45, 2.75) is 13.8 Å². The Hall–Kier alpha value is -4.98. The van der Waals surface area contributed by atoms with Crippen LogP contribution in [0.2, 0.25) is 0 Å². The van der Waals surface area contributed by atoms with E-state index >= 15 is 0 Å². The maximum Gasteiger partial charge on any atom is 2.00 e. The summed E-state index contributed by atoms with van der Waals surface area (Å²) in [5, 5.41) is 36.3. The number of alkyl halides is 4. The maximum absolute atomic E-state index is 13.4. The Kier molecular flexibility index (Phi) is 25.4. The molecule has 0 aliphatic heterocycles. The van der Waals surface area contributed by atoms with E-state index in [2.05, 4.69) is 94.8 Å². The summed E-state index contributed by atoms with van der Waals surface area (Å²) in [5.74, 6) is -0.259. The normalized spacial score (nSPS) is 11.2. The predicted octanol–water partition coefficient (Wildman–Crippen LogP) is 7.77. The molecule has 0 aliphatic carbocycles. The van der Waals surface area contributed by atoms with Crippen LogP contribution in [0.15, 0.2) is 175 Å². The molecule has 0 bridgehead atoms. The van der Waals surface area contributed by atoms with Crippen molar-refractivity contribution >= 4 is 95.6 Å². The van der Waals surface area contributed by atoms with Crippen LogP contribution in [0.3, 0.4) is 0 Å². The molecule has 0 amide bonds. The topological polar surface area (TPSA) is 116 Å². The minimum absolute atomic E-state index is 0. The summed E-state index contributed by atoms with van der Waals surface area (Å²) in [7, 11) is 8.27. The monoisotopic (exact) mass is 1060 g/mol. The van der Waals surface area contributed by atoms with Gasteiger partial charge in [-0.3, -0.25) is 4.99 Å². The van der Waals surface area contributed by atoms with Gasteiger partial charge in [-0.05, 0) is 86.6 Å². The molecule has 8 rings (SSSR count). The molecule has 10 nitrogen and oxygen atoms in total. The predicted molar refractivity (Wildman–Crippen MR) is 294 cm³/mol. The number of quaternary nitrogens is 1. The summed E-state index contributed by atoms with van der Waals surface area (Å²) < 4.78 is 2.95. The Morgan fingerprint density at radius 2 is 0.930 bits per heavy atom. The molecule has 0 atom stereocenters. The summed E-state index contributed by atoms with van der Waals surface area (Å²) >= 11 is 19.1. The van der Waals surface area contributed by atoms with Crippen molar-refractivity contribution in [1.82, 2.24) is 24.5 Å². The van der Waals surface area contributed by atoms with Crippen LogP contribution in [0.25, 0.3) is 33.6 Å². The molecule has 0 saturated heterocycles. The van der Waals surface area contributed by atoms with Crippen LogP contribution in [0.1, 0.15) is 33.6 Å². The summed E-state index contributed by atoms with van der Waals surface area (Å²) in [4.78, 5) is 11.8. The molecule has 8 aromatic rings. The van der Waals surface area contributed by atoms with E-state index in [1.54, 1.807) is 0 Å². The first-order chi connectivity index (χ1) is 33.9. The van der Waals surface area contributed by atoms with Gasteiger partial charge in [-0.2, -0.15) is 10.2 Å². The number of halogens is 4. The van der Waals surface area contributed by atoms with E-state index in [4.69, 9.17) is 51.4 Å². The molecule has 0 fully saturated rings. The second-order valence-electron chi connectivity index (χ2n) is 16.4. The number of hydrogen-bond acceptors (Lipinski definition) is 6. The van der Waals surface area contributed by atoms with Gasteiger partial charge >= 0.3 is 37.7 Å². The maximum atomic E-state index is 13.4. The van der Waals surface area contributed by atoms with E-state index in [9.17, 15) is 10.2 Å². The SMILES string of the molecule is Cc1nn(-c2ccccc2)c([O-])c1C(=NCCN(C)C)c1ccc(-c2ccccc2)cc1.Cc1nn(-c2ccccc2)c([O-])c1C(=[NH+]CC[NH+](C)C)c1ccc(-c2ccccc2)cc1.ClCCl.ClCCl.[Ca+2]. The fraction of sp³-hybridized carbons (Fsp3) is 0.214. The number of rotatable bonds is 14. The number of nitrogens with one attached hydrogen (secondary N) is 2. The third-order valence-corrected chi connectivity index (χ3v) is 10.8. The van der Waals surface area contributed by atoms with Gasteiger partial charge in [-0.25, -0.2) is 14.4 Å². The zero-order valence-electron chi connectivity index (χ0n) is 41.1. The van der Waals surface area contributed by atoms with Gasteiger partial charge in [0.15, 0.2) is 6.54 Å². The van der Waals surface area contributed by atoms with E-state index in [0.717, 1.165) is 64.5 Å². The Balaban J connectivity index is 0.000000274. The van der Waals surface area contributed by atoms with Crippen LogP contribution in [0, 0.1) is 13.8 Å². The number of nitrogens with zero attached hydrogens (tertiary/aromatic N) is 6. The minimum Gasteiger partial charge on any atom is -0.858 e. The molecule has 364 valence electrons. The molecule has 0 aliphatic rings. The Bertz CT molecular complexity index is 2650. The van der Waals surface area contributed by atoms with Crippen molar-refractivity contribution in [2.24, 2.45) is 4.99 Å². The quantitative estimate of drug-likeness (QED) is 0.0657. The zero-order valence-corrected chi connectivity index (χ0v) is 46.4. The molecule has 6 aromatic carbocycles. The van der Waals surface area contributed by atoms with E-state index in [0.29, 0.717) is 34.8 Å². The van der Waals surface area contributed by atoms with Crippen molar-refractivity contribution in [2.75, 3.05) is 65.0 Å². The van der Waals surface area contributed by atoms with Gasteiger partial charge in [-0.1, -0.05) is 133 Å². The molecule has 15 heteroatoms. The first-order valence-corrected chi connectivity index (χ1v) is 24.9. The minimum atomic E-state index is -0.149. The number of aromatic nitrogens is 4. The fourth-order valence-electron chi connectivity index (χ4n) is 7.42. The second-order valence-corrected chi connectivity index (χ2v) is 18.0. The van der Waals surface area contributed by atoms with Gasteiger partial charge < -0.3 is 20.0 Å². The van der Waals surface area contributed by atoms with Gasteiger partial charge in [0.25, 0.3) is 0 Å². The first-order valence-electron chi connectivity index (χ1n) is 22.7. The number of aliphatic imine (C=N–C) groups is 1. The van der Waals surface area contributed by atoms with Crippen LogP contribution < -0.4 is 20.1 Å². The Morgan fingerprint density at radius 3 is 1.34 bits per heavy atom. The third-order valence-electron chi connectivity index (χ3n) is 10.8. The van der Waals surface area contributed by atoms with Gasteiger partial charge in [0.1, 0.15) is 6.54 Å². The van der Waals surface area contributed by atoms with Crippen LogP contribution >= 0.6 is 46.4 Å². The zero-order chi connectivity index (χ0) is 50.4. The molecular formula is C56H60CaCl4N8O2+2. The van der Waals surface area contributed by atoms with E-state index < -0.39 is 0 Å². The number of likely N-dealkylation sites (N-methyl/N-ethyl adjacent to an activating group) is 2. The average Bonchev–Trinajstić information content (AvgIpc) is 3.85. The molecule has 2 N–H and O–H groups in total. The van der Waals surface area contributed by atoms with Crippen molar-refractivity contribution in [1.29, 1.82) is 0 Å². The first kappa shape index (κ1) is 58.6. The Labute approximate surface area is 468 Å². The molecule has 2 heterocycles. The van der Waals surface area contributed by atoms with Crippen LogP contribution in [0.5, 0.6) is 11.8 Å². The van der Waals surface area contributed by atoms with Crippen LogP contribution in [-0.2, 0) is 0 Å². The van der Waals surface area contributed by atoms with Crippen molar-refractivity contribution < 1.29 is 20.1 Å². The number of aryl methyl sites for hydroxylation is 2. The standard InChI is InChI=1S/2C27H28N4O.2CH2Cl2.Ca/c2*1-20-25(27(32)31(29-20)24-12-8-5-9-13-24)26(28-18-19-30(2)3)23-16-14-22(15-17-23)21-10-6-4-7-11-21;2*2-1-3;/h2*4-17,32H,18-19H2,1-3H3;2*1H2;/q;;;;+2. The van der Waals surface area contributed by atoms with Gasteiger partial charge in [-0.15, -0.1) is 46.4 Å². The van der Waals surface area contributed by atoms with Gasteiger partial charge in [0, 0.05) is 35.0 Å². The molecule has 0 unspecified atom stereocenters. The Morgan fingerprint density at radius 1 is 0.563 bits per heavy atom. The third kappa shape index (κ3) is 17.1. The molecule has 0 saturated carbocycles. The van der Waals surface area contributed by atoms with Crippen molar-refractivity contribution in [3.63, 3.8) is 0 Å².